The zero-order valence-corrected chi connectivity index (χ0v) is 11.0. The smallest absolute Gasteiger partial charge is 0.0179 e. The Labute approximate surface area is 105 Å². The van der Waals surface area contributed by atoms with Gasteiger partial charge < -0.3 is 0 Å². The summed E-state index contributed by atoms with van der Waals surface area (Å²) in [5, 5.41) is 0. The molecule has 4 heterocycles. The van der Waals surface area contributed by atoms with Crippen molar-refractivity contribution in [3.63, 3.8) is 0 Å². The molecule has 0 aliphatic carbocycles. The summed E-state index contributed by atoms with van der Waals surface area (Å²) >= 11 is 0. The van der Waals surface area contributed by atoms with E-state index in [2.05, 4.69) is 9.80 Å². The van der Waals surface area contributed by atoms with Gasteiger partial charge in [0.05, 0.1) is 0 Å². The van der Waals surface area contributed by atoms with Gasteiger partial charge in [0.1, 0.15) is 0 Å². The Morgan fingerprint density at radius 2 is 1.53 bits per heavy atom. The van der Waals surface area contributed by atoms with E-state index in [1.165, 1.54) is 71.1 Å². The lowest BCUT2D eigenvalue weighted by atomic mass is 9.68. The molecule has 0 N–H and O–H groups in total. The van der Waals surface area contributed by atoms with Crippen LogP contribution in [0, 0.1) is 11.8 Å². The van der Waals surface area contributed by atoms with Crippen LogP contribution in [0.2, 0.25) is 0 Å². The van der Waals surface area contributed by atoms with Gasteiger partial charge in [0.2, 0.25) is 0 Å². The molecule has 0 amide bonds. The summed E-state index contributed by atoms with van der Waals surface area (Å²) in [6.07, 6.45) is 10.4. The minimum atomic E-state index is 0.964. The molecule has 0 saturated carbocycles. The van der Waals surface area contributed by atoms with Crippen molar-refractivity contribution in [1.29, 1.82) is 0 Å². The first-order valence-corrected chi connectivity index (χ1v) is 7.91. The fraction of sp³-hybridized carbons (Fsp3) is 1.00. The fourth-order valence-electron chi connectivity index (χ4n) is 5.41. The second kappa shape index (κ2) is 4.24. The molecule has 0 radical (unpaired) electrons. The summed E-state index contributed by atoms with van der Waals surface area (Å²) in [6.45, 7) is 5.65. The van der Waals surface area contributed by atoms with Gasteiger partial charge in [0.15, 0.2) is 0 Å². The largest absolute Gasteiger partial charge is 0.300 e. The van der Waals surface area contributed by atoms with Gasteiger partial charge >= 0.3 is 0 Å². The zero-order chi connectivity index (χ0) is 11.2. The van der Waals surface area contributed by atoms with E-state index in [1.54, 1.807) is 0 Å². The van der Waals surface area contributed by atoms with Gasteiger partial charge in [-0.15, -0.1) is 0 Å². The average Bonchev–Trinajstić information content (AvgIpc) is 2.39. The Kier molecular flexibility index (Phi) is 2.69. The second-order valence-corrected chi connectivity index (χ2v) is 6.79. The highest BCUT2D eigenvalue weighted by atomic mass is 15.3. The number of hydrogen-bond acceptors (Lipinski definition) is 2. The lowest BCUT2D eigenvalue weighted by Gasteiger charge is -2.58. The van der Waals surface area contributed by atoms with Crippen LogP contribution in [0.1, 0.15) is 44.9 Å². The maximum Gasteiger partial charge on any atom is 0.0179 e. The molecule has 4 rings (SSSR count). The standard InChI is InChI=1S/C15H26N2/c1-2-8-17-11-12-5-3-9-16-10-4-6-13(15(12)16)14(17)7-1/h12-15H,1-11H2/t12-,13+,14+,15-/m0/s1. The van der Waals surface area contributed by atoms with Gasteiger partial charge in [-0.3, -0.25) is 9.80 Å². The summed E-state index contributed by atoms with van der Waals surface area (Å²) in [5.41, 5.74) is 0. The van der Waals surface area contributed by atoms with E-state index >= 15 is 0 Å². The molecule has 4 aliphatic rings. The van der Waals surface area contributed by atoms with Crippen LogP contribution < -0.4 is 0 Å². The van der Waals surface area contributed by atoms with E-state index in [9.17, 15) is 0 Å². The van der Waals surface area contributed by atoms with E-state index in [1.807, 2.05) is 0 Å². The maximum atomic E-state index is 2.88. The third kappa shape index (κ3) is 1.67. The molecule has 4 fully saturated rings. The summed E-state index contributed by atoms with van der Waals surface area (Å²) in [6, 6.07) is 1.95. The molecule has 0 aromatic heterocycles. The number of fused-ring (bicyclic) bond motifs is 2. The van der Waals surface area contributed by atoms with Crippen molar-refractivity contribution in [2.45, 2.75) is 57.0 Å². The first-order chi connectivity index (χ1) is 8.43. The Balaban J connectivity index is 1.63. The third-order valence-electron chi connectivity index (χ3n) is 5.97. The molecule has 0 aromatic carbocycles. The number of piperidine rings is 4. The minimum absolute atomic E-state index is 0.964. The Bertz CT molecular complexity index is 289. The quantitative estimate of drug-likeness (QED) is 0.635. The molecule has 0 bridgehead atoms. The van der Waals surface area contributed by atoms with Crippen LogP contribution in [0.3, 0.4) is 0 Å². The predicted octanol–water partition coefficient (Wildman–Crippen LogP) is 2.35. The van der Waals surface area contributed by atoms with Crippen LogP contribution in [0.4, 0.5) is 0 Å². The maximum absolute atomic E-state index is 2.88. The number of rotatable bonds is 0. The first-order valence-electron chi connectivity index (χ1n) is 7.91. The van der Waals surface area contributed by atoms with Gasteiger partial charge in [0, 0.05) is 18.6 Å². The van der Waals surface area contributed by atoms with Gasteiger partial charge in [0.25, 0.3) is 0 Å². The first kappa shape index (κ1) is 10.8. The topological polar surface area (TPSA) is 6.48 Å². The zero-order valence-electron chi connectivity index (χ0n) is 11.0. The van der Waals surface area contributed by atoms with Crippen LogP contribution in [-0.2, 0) is 0 Å². The van der Waals surface area contributed by atoms with Crippen LogP contribution in [0.25, 0.3) is 0 Å². The van der Waals surface area contributed by atoms with E-state index in [4.69, 9.17) is 0 Å². The van der Waals surface area contributed by atoms with Crippen LogP contribution in [-0.4, -0.2) is 48.1 Å². The fourth-order valence-corrected chi connectivity index (χ4v) is 5.41. The van der Waals surface area contributed by atoms with Crippen molar-refractivity contribution >= 4 is 0 Å². The van der Waals surface area contributed by atoms with Crippen LogP contribution in [0.15, 0.2) is 0 Å². The van der Waals surface area contributed by atoms with Gasteiger partial charge in [-0.2, -0.15) is 0 Å². The molecule has 96 valence electrons. The van der Waals surface area contributed by atoms with E-state index in [0.717, 1.165) is 23.9 Å². The summed E-state index contributed by atoms with van der Waals surface area (Å²) < 4.78 is 0. The molecule has 0 spiro atoms. The summed E-state index contributed by atoms with van der Waals surface area (Å²) in [5.74, 6) is 2.05. The Morgan fingerprint density at radius 1 is 0.706 bits per heavy atom. The van der Waals surface area contributed by atoms with Crippen molar-refractivity contribution in [1.82, 2.24) is 9.80 Å². The molecule has 0 aromatic rings. The molecule has 2 nitrogen and oxygen atoms in total. The highest BCUT2D eigenvalue weighted by molar-refractivity contribution is 5.03. The van der Waals surface area contributed by atoms with Crippen molar-refractivity contribution in [2.75, 3.05) is 26.2 Å². The second-order valence-electron chi connectivity index (χ2n) is 6.79. The molecule has 2 heteroatoms. The SMILES string of the molecule is C1CCN2C[C@@H]3CCCN4CCC[C@@H]([C@H]34)[C@H]2C1. The third-order valence-corrected chi connectivity index (χ3v) is 5.97. The molecule has 4 aliphatic heterocycles. The summed E-state index contributed by atoms with van der Waals surface area (Å²) in [7, 11) is 0. The van der Waals surface area contributed by atoms with Crippen molar-refractivity contribution in [3.05, 3.63) is 0 Å². The van der Waals surface area contributed by atoms with Crippen LogP contribution >= 0.6 is 0 Å². The lowest BCUT2D eigenvalue weighted by Crippen LogP contribution is -2.65. The lowest BCUT2D eigenvalue weighted by molar-refractivity contribution is -0.0859. The molecule has 4 atom stereocenters. The minimum Gasteiger partial charge on any atom is -0.300 e. The molecular formula is C15H26N2. The van der Waals surface area contributed by atoms with Crippen LogP contribution in [0.5, 0.6) is 0 Å². The monoisotopic (exact) mass is 234 g/mol. The normalized spacial score (nSPS) is 47.3. The highest BCUT2D eigenvalue weighted by Crippen LogP contribution is 2.44. The predicted molar refractivity (Wildman–Crippen MR) is 70.0 cm³/mol. The van der Waals surface area contributed by atoms with Crippen molar-refractivity contribution < 1.29 is 0 Å². The van der Waals surface area contributed by atoms with Gasteiger partial charge in [-0.1, -0.05) is 6.42 Å². The van der Waals surface area contributed by atoms with Crippen molar-refractivity contribution in [3.8, 4) is 0 Å². The Morgan fingerprint density at radius 3 is 2.47 bits per heavy atom. The molecule has 17 heavy (non-hydrogen) atoms. The highest BCUT2D eigenvalue weighted by Gasteiger charge is 2.48. The van der Waals surface area contributed by atoms with E-state index in [0.29, 0.717) is 0 Å². The Hall–Kier alpha value is -0.0800. The van der Waals surface area contributed by atoms with Gasteiger partial charge in [-0.25, -0.2) is 0 Å². The average molecular weight is 234 g/mol. The van der Waals surface area contributed by atoms with Crippen molar-refractivity contribution in [2.24, 2.45) is 11.8 Å². The summed E-state index contributed by atoms with van der Waals surface area (Å²) in [4.78, 5) is 5.75. The number of nitrogens with zero attached hydrogens (tertiary/aromatic N) is 2. The molecule has 0 unspecified atom stereocenters. The number of hydrogen-bond donors (Lipinski definition) is 0. The van der Waals surface area contributed by atoms with E-state index in [-0.39, 0.29) is 0 Å². The molecular weight excluding hydrogens is 208 g/mol. The molecule has 4 saturated heterocycles. The van der Waals surface area contributed by atoms with Gasteiger partial charge in [-0.05, 0) is 70.0 Å². The van der Waals surface area contributed by atoms with E-state index < -0.39 is 0 Å².